The number of nitrogens with zero attached hydrogens (tertiary/aromatic N) is 3. The minimum Gasteiger partial charge on any atom is -0.328 e. The van der Waals surface area contributed by atoms with Crippen LogP contribution in [-0.4, -0.2) is 16.9 Å². The van der Waals surface area contributed by atoms with Crippen molar-refractivity contribution < 1.29 is 18.0 Å². The fraction of sp³-hybridized carbons (Fsp3) is 0.391. The Morgan fingerprint density at radius 1 is 1.06 bits per heavy atom. The summed E-state index contributed by atoms with van der Waals surface area (Å²) in [7, 11) is 0. The topological polar surface area (TPSA) is 47.3 Å². The summed E-state index contributed by atoms with van der Waals surface area (Å²) in [5.74, 6) is -0.245. The Hall–Kier alpha value is -2.66. The Balaban J connectivity index is 1.84. The summed E-state index contributed by atoms with van der Waals surface area (Å²) >= 11 is 4.71. The number of hydrogen-bond acceptors (Lipinski definition) is 4. The fourth-order valence-corrected chi connectivity index (χ4v) is 5.30. The summed E-state index contributed by atoms with van der Waals surface area (Å²) in [6.45, 7) is 1.97. The number of carbonyl (C=O) groups excluding carboxylic acids is 1. The number of anilines is 2. The molecule has 0 aromatic heterocycles. The fourth-order valence-electron chi connectivity index (χ4n) is 4.71. The molecule has 0 bridgehead atoms. The number of hydrogen-bond donors (Lipinski definition) is 1. The van der Waals surface area contributed by atoms with Crippen LogP contribution in [0.15, 0.2) is 42.5 Å². The lowest BCUT2D eigenvalue weighted by Gasteiger charge is -2.41. The normalized spacial score (nSPS) is 20.9. The molecule has 2 aliphatic rings. The van der Waals surface area contributed by atoms with Gasteiger partial charge >= 0.3 is 6.18 Å². The zero-order chi connectivity index (χ0) is 22.4. The van der Waals surface area contributed by atoms with Gasteiger partial charge in [0.15, 0.2) is 5.50 Å². The molecule has 2 aromatic carbocycles. The summed E-state index contributed by atoms with van der Waals surface area (Å²) in [5.41, 5.74) is -1.15. The van der Waals surface area contributed by atoms with Crippen LogP contribution in [0.5, 0.6) is 0 Å². The number of benzene rings is 2. The maximum absolute atomic E-state index is 13.7. The van der Waals surface area contributed by atoms with Crippen molar-refractivity contribution in [2.75, 3.05) is 9.80 Å². The Kier molecular flexibility index (Phi) is 5.42. The third kappa shape index (κ3) is 3.55. The van der Waals surface area contributed by atoms with E-state index in [0.717, 1.165) is 42.6 Å². The molecule has 0 radical (unpaired) electrons. The first kappa shape index (κ1) is 21.6. The summed E-state index contributed by atoms with van der Waals surface area (Å²) in [4.78, 5) is 17.0. The van der Waals surface area contributed by atoms with E-state index in [4.69, 9.17) is 17.9 Å². The van der Waals surface area contributed by atoms with Gasteiger partial charge in [-0.2, -0.15) is 18.4 Å². The largest absolute Gasteiger partial charge is 0.417 e. The molecule has 1 unspecified atom stereocenters. The van der Waals surface area contributed by atoms with Crippen LogP contribution in [0.3, 0.4) is 0 Å². The zero-order valence-electron chi connectivity index (χ0n) is 17.0. The number of nitriles is 1. The number of halogens is 3. The highest BCUT2D eigenvalue weighted by molar-refractivity contribution is 7.81. The van der Waals surface area contributed by atoms with Gasteiger partial charge in [-0.05, 0) is 50.1 Å². The second-order valence-corrected chi connectivity index (χ2v) is 8.62. The predicted molar refractivity (Wildman–Crippen MR) is 116 cm³/mol. The smallest absolute Gasteiger partial charge is 0.328 e. The summed E-state index contributed by atoms with van der Waals surface area (Å²) in [6.07, 6.45) is -0.712. The van der Waals surface area contributed by atoms with Crippen molar-refractivity contribution in [1.82, 2.24) is 0 Å². The van der Waals surface area contributed by atoms with E-state index in [9.17, 15) is 18.0 Å². The van der Waals surface area contributed by atoms with Crippen LogP contribution in [0.25, 0.3) is 0 Å². The molecule has 8 heteroatoms. The lowest BCUT2D eigenvalue weighted by molar-refractivity contribution is -0.137. The van der Waals surface area contributed by atoms with E-state index in [0.29, 0.717) is 12.8 Å². The van der Waals surface area contributed by atoms with Crippen molar-refractivity contribution in [2.45, 2.75) is 56.2 Å². The first-order valence-electron chi connectivity index (χ1n) is 10.2. The van der Waals surface area contributed by atoms with Crippen LogP contribution in [-0.2, 0) is 11.0 Å². The highest BCUT2D eigenvalue weighted by atomic mass is 32.1. The van der Waals surface area contributed by atoms with Crippen molar-refractivity contribution in [3.05, 3.63) is 59.2 Å². The molecular formula is C23H22F3N3OS. The molecule has 1 amide bonds. The molecule has 2 fully saturated rings. The number of rotatable bonds is 2. The molecule has 4 rings (SSSR count). The van der Waals surface area contributed by atoms with Crippen molar-refractivity contribution >= 4 is 29.9 Å². The second-order valence-electron chi connectivity index (χ2n) is 8.16. The van der Waals surface area contributed by atoms with Gasteiger partial charge in [0, 0.05) is 11.4 Å². The van der Waals surface area contributed by atoms with E-state index in [1.165, 1.54) is 11.0 Å². The van der Waals surface area contributed by atoms with Crippen LogP contribution in [0.1, 0.15) is 48.8 Å². The molecule has 1 atom stereocenters. The Labute approximate surface area is 184 Å². The Bertz CT molecular complexity index is 1040. The first-order valence-corrected chi connectivity index (χ1v) is 10.7. The lowest BCUT2D eigenvalue weighted by atomic mass is 9.80. The number of amides is 1. The van der Waals surface area contributed by atoms with Crippen molar-refractivity contribution in [3.63, 3.8) is 0 Å². The maximum atomic E-state index is 13.7. The van der Waals surface area contributed by atoms with Crippen LogP contribution in [0.4, 0.5) is 24.5 Å². The van der Waals surface area contributed by atoms with E-state index in [2.05, 4.69) is 0 Å². The quantitative estimate of drug-likeness (QED) is 0.608. The average molecular weight is 446 g/mol. The van der Waals surface area contributed by atoms with Crippen LogP contribution in [0.2, 0.25) is 0 Å². The highest BCUT2D eigenvalue weighted by Crippen LogP contribution is 2.48. The molecule has 4 nitrogen and oxygen atoms in total. The number of carbonyl (C=O) groups is 1. The van der Waals surface area contributed by atoms with Crippen molar-refractivity contribution in [3.8, 4) is 6.07 Å². The van der Waals surface area contributed by atoms with E-state index < -0.39 is 28.3 Å². The van der Waals surface area contributed by atoms with Crippen LogP contribution in [0, 0.1) is 18.3 Å². The van der Waals surface area contributed by atoms with Gasteiger partial charge in [0.2, 0.25) is 0 Å². The third-order valence-corrected chi connectivity index (χ3v) is 6.70. The Morgan fingerprint density at radius 2 is 1.68 bits per heavy atom. The van der Waals surface area contributed by atoms with Gasteiger partial charge in [-0.1, -0.05) is 37.0 Å². The molecule has 1 saturated carbocycles. The highest BCUT2D eigenvalue weighted by Gasteiger charge is 2.57. The number of aryl methyl sites for hydroxylation is 1. The van der Waals surface area contributed by atoms with Gasteiger partial charge in [-0.25, -0.2) is 0 Å². The van der Waals surface area contributed by atoms with Gasteiger partial charge in [0.05, 0.1) is 17.2 Å². The standard InChI is InChI=1S/C23H22F3N3OS/c1-15-5-8-17(9-6-15)29-21(31)28(20(30)22(29)11-3-2-4-12-22)18-10-7-16(14-27)19(13-18)23(24,25)26/h5-10,13,21,31H,2-4,11-12H2,1H3. The summed E-state index contributed by atoms with van der Waals surface area (Å²) in [5, 5.41) is 9.10. The number of alkyl halides is 3. The molecule has 1 heterocycles. The molecule has 2 aromatic rings. The molecule has 31 heavy (non-hydrogen) atoms. The minimum atomic E-state index is -4.70. The molecule has 0 N–H and O–H groups in total. The first-order chi connectivity index (χ1) is 14.7. The van der Waals surface area contributed by atoms with E-state index in [1.807, 2.05) is 36.1 Å². The van der Waals surface area contributed by atoms with Crippen LogP contribution < -0.4 is 9.80 Å². The molecule has 1 spiro atoms. The Morgan fingerprint density at radius 3 is 2.26 bits per heavy atom. The van der Waals surface area contributed by atoms with Crippen LogP contribution >= 0.6 is 12.6 Å². The average Bonchev–Trinajstić information content (AvgIpc) is 2.94. The maximum Gasteiger partial charge on any atom is 0.417 e. The minimum absolute atomic E-state index is 0.0934. The number of thiol groups is 1. The second kappa shape index (κ2) is 7.79. The van der Waals surface area contributed by atoms with E-state index in [-0.39, 0.29) is 11.6 Å². The van der Waals surface area contributed by atoms with Gasteiger partial charge in [0.1, 0.15) is 5.54 Å². The van der Waals surface area contributed by atoms with Gasteiger partial charge in [-0.3, -0.25) is 9.69 Å². The molecule has 1 saturated heterocycles. The monoisotopic (exact) mass is 445 g/mol. The molecule has 162 valence electrons. The predicted octanol–water partition coefficient (Wildman–Crippen LogP) is 5.66. The summed E-state index contributed by atoms with van der Waals surface area (Å²) in [6, 6.07) is 12.7. The summed E-state index contributed by atoms with van der Waals surface area (Å²) < 4.78 is 40.6. The van der Waals surface area contributed by atoms with Crippen molar-refractivity contribution in [1.29, 1.82) is 5.26 Å². The van der Waals surface area contributed by atoms with Gasteiger partial charge in [-0.15, -0.1) is 12.6 Å². The molecule has 1 aliphatic heterocycles. The van der Waals surface area contributed by atoms with Crippen molar-refractivity contribution in [2.24, 2.45) is 0 Å². The van der Waals surface area contributed by atoms with E-state index >= 15 is 0 Å². The van der Waals surface area contributed by atoms with Gasteiger partial charge < -0.3 is 4.90 Å². The lowest BCUT2D eigenvalue weighted by Crippen LogP contribution is -2.51. The molecule has 1 aliphatic carbocycles. The molecular weight excluding hydrogens is 423 g/mol. The SMILES string of the molecule is Cc1ccc(N2C(S)N(c3ccc(C#N)c(C(F)(F)F)c3)C(=O)C23CCCCC3)cc1. The van der Waals surface area contributed by atoms with Gasteiger partial charge in [0.25, 0.3) is 5.91 Å². The zero-order valence-corrected chi connectivity index (χ0v) is 17.9. The van der Waals surface area contributed by atoms with E-state index in [1.54, 1.807) is 6.07 Å². The third-order valence-electron chi connectivity index (χ3n) is 6.24.